The lowest BCUT2D eigenvalue weighted by atomic mass is 10.2. The van der Waals surface area contributed by atoms with Gasteiger partial charge in [0.2, 0.25) is 5.91 Å². The Bertz CT molecular complexity index is 648. The predicted octanol–water partition coefficient (Wildman–Crippen LogP) is 2.28. The van der Waals surface area contributed by atoms with Gasteiger partial charge < -0.3 is 15.6 Å². The Labute approximate surface area is 129 Å². The number of hydrogen-bond donors (Lipinski definition) is 2. The molecule has 2 aromatic rings. The molecule has 1 atom stereocenters. The zero-order chi connectivity index (χ0) is 15.4. The summed E-state index contributed by atoms with van der Waals surface area (Å²) in [5.41, 5.74) is 7.03. The molecule has 1 unspecified atom stereocenters. The first-order valence-corrected chi connectivity index (χ1v) is 7.16. The lowest BCUT2D eigenvalue weighted by Gasteiger charge is -2.16. The number of imidazole rings is 1. The summed E-state index contributed by atoms with van der Waals surface area (Å²) in [4.78, 5) is 16.9. The topological polar surface area (TPSA) is 72.9 Å². The minimum atomic E-state index is -0.322. The number of nitrogens with one attached hydrogen (secondary N) is 1. The lowest BCUT2D eigenvalue weighted by molar-refractivity contribution is -0.118. The SMILES string of the molecule is CCc1nccn1C(C)C(=O)Nc1ccc(C(N)=S)cc1. The molecule has 0 radical (unpaired) electrons. The molecule has 0 saturated heterocycles. The van der Waals surface area contributed by atoms with E-state index in [0.717, 1.165) is 17.8 Å². The van der Waals surface area contributed by atoms with Gasteiger partial charge in [0, 0.05) is 30.1 Å². The molecule has 3 N–H and O–H groups in total. The van der Waals surface area contributed by atoms with Crippen molar-refractivity contribution >= 4 is 28.8 Å². The summed E-state index contributed by atoms with van der Waals surface area (Å²) in [5, 5.41) is 2.88. The van der Waals surface area contributed by atoms with E-state index >= 15 is 0 Å². The molecule has 5 nitrogen and oxygen atoms in total. The standard InChI is InChI=1S/C15H18N4OS/c1-3-13-17-8-9-19(13)10(2)15(20)18-12-6-4-11(5-7-12)14(16)21/h4-10H,3H2,1-2H3,(H2,16,21)(H,18,20). The Morgan fingerprint density at radius 2 is 2.10 bits per heavy atom. The van der Waals surface area contributed by atoms with Crippen LogP contribution in [0.3, 0.4) is 0 Å². The fraction of sp³-hybridized carbons (Fsp3) is 0.267. The first kappa shape index (κ1) is 15.2. The van der Waals surface area contributed by atoms with E-state index in [4.69, 9.17) is 18.0 Å². The molecule has 0 spiro atoms. The van der Waals surface area contributed by atoms with Crippen molar-refractivity contribution < 1.29 is 4.79 Å². The molecule has 1 amide bonds. The van der Waals surface area contributed by atoms with E-state index in [1.165, 1.54) is 0 Å². The molecular weight excluding hydrogens is 284 g/mol. The van der Waals surface area contributed by atoms with Crippen LogP contribution in [0.15, 0.2) is 36.7 Å². The van der Waals surface area contributed by atoms with Crippen LogP contribution in [0.2, 0.25) is 0 Å². The van der Waals surface area contributed by atoms with Gasteiger partial charge in [0.25, 0.3) is 0 Å². The molecule has 0 aliphatic rings. The molecule has 110 valence electrons. The summed E-state index contributed by atoms with van der Waals surface area (Å²) in [6.45, 7) is 3.86. The van der Waals surface area contributed by atoms with Gasteiger partial charge in [-0.15, -0.1) is 0 Å². The fourth-order valence-corrected chi connectivity index (χ4v) is 2.20. The Balaban J connectivity index is 2.08. The number of rotatable bonds is 5. The van der Waals surface area contributed by atoms with Crippen molar-refractivity contribution in [3.8, 4) is 0 Å². The summed E-state index contributed by atoms with van der Waals surface area (Å²) < 4.78 is 1.87. The zero-order valence-corrected chi connectivity index (χ0v) is 12.9. The van der Waals surface area contributed by atoms with Crippen molar-refractivity contribution in [2.45, 2.75) is 26.3 Å². The quantitative estimate of drug-likeness (QED) is 0.831. The second-order valence-electron chi connectivity index (χ2n) is 4.71. The third-order valence-corrected chi connectivity index (χ3v) is 3.53. The van der Waals surface area contributed by atoms with Gasteiger partial charge in [-0.25, -0.2) is 4.98 Å². The normalized spacial score (nSPS) is 11.9. The minimum absolute atomic E-state index is 0.0919. The number of anilines is 1. The van der Waals surface area contributed by atoms with Gasteiger partial charge >= 0.3 is 0 Å². The molecule has 0 aliphatic heterocycles. The molecule has 0 bridgehead atoms. The highest BCUT2D eigenvalue weighted by Crippen LogP contribution is 2.15. The van der Waals surface area contributed by atoms with Crippen LogP contribution >= 0.6 is 12.2 Å². The number of aromatic nitrogens is 2. The second kappa shape index (κ2) is 6.49. The summed E-state index contributed by atoms with van der Waals surface area (Å²) in [7, 11) is 0. The Kier molecular flexibility index (Phi) is 4.70. The van der Waals surface area contributed by atoms with Crippen molar-refractivity contribution in [2.24, 2.45) is 5.73 Å². The lowest BCUT2D eigenvalue weighted by Crippen LogP contribution is -2.24. The number of benzene rings is 1. The van der Waals surface area contributed by atoms with Gasteiger partial charge in [-0.05, 0) is 31.2 Å². The average Bonchev–Trinajstić information content (AvgIpc) is 2.95. The molecule has 6 heteroatoms. The number of nitrogens with two attached hydrogens (primary N) is 1. The molecule has 21 heavy (non-hydrogen) atoms. The number of nitrogens with zero attached hydrogens (tertiary/aromatic N) is 2. The maximum Gasteiger partial charge on any atom is 0.247 e. The maximum atomic E-state index is 12.3. The average molecular weight is 302 g/mol. The van der Waals surface area contributed by atoms with E-state index in [9.17, 15) is 4.79 Å². The first-order valence-electron chi connectivity index (χ1n) is 6.75. The number of thiocarbonyl (C=S) groups is 1. The summed E-state index contributed by atoms with van der Waals surface area (Å²) >= 11 is 4.90. The number of carbonyl (C=O) groups excluding carboxylic acids is 1. The molecule has 0 saturated carbocycles. The van der Waals surface area contributed by atoms with E-state index in [0.29, 0.717) is 10.7 Å². The van der Waals surface area contributed by atoms with Crippen molar-refractivity contribution in [1.29, 1.82) is 0 Å². The van der Waals surface area contributed by atoms with Crippen molar-refractivity contribution in [2.75, 3.05) is 5.32 Å². The van der Waals surface area contributed by atoms with E-state index in [-0.39, 0.29) is 11.9 Å². The van der Waals surface area contributed by atoms with Crippen LogP contribution in [0.25, 0.3) is 0 Å². The van der Waals surface area contributed by atoms with Gasteiger partial charge in [0.15, 0.2) is 0 Å². The molecular formula is C15H18N4OS. The highest BCUT2D eigenvalue weighted by molar-refractivity contribution is 7.80. The monoisotopic (exact) mass is 302 g/mol. The molecule has 0 fully saturated rings. The summed E-state index contributed by atoms with van der Waals surface area (Å²) in [6, 6.07) is 6.83. The number of carbonyl (C=O) groups is 1. The van der Waals surface area contributed by atoms with Gasteiger partial charge in [-0.2, -0.15) is 0 Å². The number of aryl methyl sites for hydroxylation is 1. The highest BCUT2D eigenvalue weighted by atomic mass is 32.1. The van der Waals surface area contributed by atoms with Crippen LogP contribution in [-0.2, 0) is 11.2 Å². The Hall–Kier alpha value is -2.21. The van der Waals surface area contributed by atoms with E-state index in [1.54, 1.807) is 30.5 Å². The third-order valence-electron chi connectivity index (χ3n) is 3.30. The van der Waals surface area contributed by atoms with Crippen LogP contribution in [-0.4, -0.2) is 20.4 Å². The second-order valence-corrected chi connectivity index (χ2v) is 5.15. The van der Waals surface area contributed by atoms with Gasteiger partial charge in [0.05, 0.1) is 0 Å². The molecule has 1 aromatic carbocycles. The zero-order valence-electron chi connectivity index (χ0n) is 12.0. The van der Waals surface area contributed by atoms with E-state index in [1.807, 2.05) is 24.6 Å². The Morgan fingerprint density at radius 3 is 2.67 bits per heavy atom. The van der Waals surface area contributed by atoms with E-state index in [2.05, 4.69) is 10.3 Å². The van der Waals surface area contributed by atoms with Crippen molar-refractivity contribution in [3.63, 3.8) is 0 Å². The van der Waals surface area contributed by atoms with E-state index < -0.39 is 0 Å². The van der Waals surface area contributed by atoms with Crippen LogP contribution in [0.4, 0.5) is 5.69 Å². The van der Waals surface area contributed by atoms with Crippen LogP contribution < -0.4 is 11.1 Å². The molecule has 2 rings (SSSR count). The van der Waals surface area contributed by atoms with Crippen molar-refractivity contribution in [1.82, 2.24) is 9.55 Å². The van der Waals surface area contributed by atoms with Crippen LogP contribution in [0.5, 0.6) is 0 Å². The highest BCUT2D eigenvalue weighted by Gasteiger charge is 2.17. The third kappa shape index (κ3) is 3.46. The number of hydrogen-bond acceptors (Lipinski definition) is 3. The molecule has 1 aromatic heterocycles. The van der Waals surface area contributed by atoms with Gasteiger partial charge in [0.1, 0.15) is 16.9 Å². The molecule has 0 aliphatic carbocycles. The first-order chi connectivity index (χ1) is 10.0. The minimum Gasteiger partial charge on any atom is -0.389 e. The van der Waals surface area contributed by atoms with Crippen LogP contribution in [0, 0.1) is 0 Å². The number of amides is 1. The Morgan fingerprint density at radius 1 is 1.43 bits per heavy atom. The largest absolute Gasteiger partial charge is 0.389 e. The summed E-state index contributed by atoms with van der Waals surface area (Å²) in [6.07, 6.45) is 4.31. The van der Waals surface area contributed by atoms with Gasteiger partial charge in [-0.3, -0.25) is 4.79 Å². The van der Waals surface area contributed by atoms with Gasteiger partial charge in [-0.1, -0.05) is 19.1 Å². The molecule has 1 heterocycles. The van der Waals surface area contributed by atoms with Crippen molar-refractivity contribution in [3.05, 3.63) is 48.0 Å². The maximum absolute atomic E-state index is 12.3. The summed E-state index contributed by atoms with van der Waals surface area (Å²) in [5.74, 6) is 0.798. The fourth-order valence-electron chi connectivity index (χ4n) is 2.06. The van der Waals surface area contributed by atoms with Crippen LogP contribution in [0.1, 0.15) is 31.3 Å². The smallest absolute Gasteiger partial charge is 0.247 e. The predicted molar refractivity (Wildman–Crippen MR) is 87.3 cm³/mol.